The lowest BCUT2D eigenvalue weighted by Gasteiger charge is -2.04. The molecule has 7 nitrogen and oxygen atoms in total. The number of halogens is 2. The summed E-state index contributed by atoms with van der Waals surface area (Å²) in [6.45, 7) is 0. The van der Waals surface area contributed by atoms with E-state index in [1.54, 1.807) is 36.7 Å². The highest BCUT2D eigenvalue weighted by atomic mass is 35.5. The van der Waals surface area contributed by atoms with Gasteiger partial charge in [0.2, 0.25) is 0 Å². The molecule has 3 heterocycles. The zero-order valence-corrected chi connectivity index (χ0v) is 19.6. The Kier molecular flexibility index (Phi) is 6.70. The standard InChI is InChI=1S/C26H16Cl2N6O/c27-21-15-17(31-33-25-5-1-3-13-29-25)7-9-19(21)23-11-12-24(35-23)20-10-8-18(16-22(20)28)32-34-26-6-2-4-14-30-26/h1-16H. The molecule has 35 heavy (non-hydrogen) atoms. The molecule has 3 aromatic heterocycles. The molecule has 0 atom stereocenters. The van der Waals surface area contributed by atoms with Gasteiger partial charge in [-0.15, -0.1) is 20.5 Å². The van der Waals surface area contributed by atoms with E-state index in [9.17, 15) is 0 Å². The van der Waals surface area contributed by atoms with Crippen LogP contribution in [0.4, 0.5) is 23.0 Å². The van der Waals surface area contributed by atoms with Crippen molar-refractivity contribution >= 4 is 46.2 Å². The maximum atomic E-state index is 6.51. The van der Waals surface area contributed by atoms with E-state index in [1.807, 2.05) is 60.7 Å². The van der Waals surface area contributed by atoms with Crippen molar-refractivity contribution in [2.75, 3.05) is 0 Å². The van der Waals surface area contributed by atoms with Gasteiger partial charge in [-0.2, -0.15) is 0 Å². The zero-order chi connectivity index (χ0) is 24.0. The summed E-state index contributed by atoms with van der Waals surface area (Å²) in [7, 11) is 0. The van der Waals surface area contributed by atoms with Crippen molar-refractivity contribution in [3.8, 4) is 22.6 Å². The average molecular weight is 499 g/mol. The number of pyridine rings is 2. The second-order valence-electron chi connectivity index (χ2n) is 7.27. The number of aromatic nitrogens is 2. The third-order valence-corrected chi connectivity index (χ3v) is 5.50. The molecule has 0 bridgehead atoms. The number of hydrogen-bond acceptors (Lipinski definition) is 7. The summed E-state index contributed by atoms with van der Waals surface area (Å²) < 4.78 is 6.06. The fraction of sp³-hybridized carbons (Fsp3) is 0. The van der Waals surface area contributed by atoms with Gasteiger partial charge in [-0.1, -0.05) is 35.3 Å². The minimum absolute atomic E-state index is 0.486. The van der Waals surface area contributed by atoms with Crippen LogP contribution in [0.15, 0.2) is 122 Å². The van der Waals surface area contributed by atoms with Crippen LogP contribution in [0.25, 0.3) is 22.6 Å². The number of rotatable bonds is 6. The van der Waals surface area contributed by atoms with Gasteiger partial charge in [0.15, 0.2) is 11.6 Å². The Balaban J connectivity index is 1.34. The summed E-state index contributed by atoms with van der Waals surface area (Å²) in [6.07, 6.45) is 3.32. The van der Waals surface area contributed by atoms with Gasteiger partial charge in [0.1, 0.15) is 11.5 Å². The van der Waals surface area contributed by atoms with Crippen LogP contribution in [0.3, 0.4) is 0 Å². The summed E-state index contributed by atoms with van der Waals surface area (Å²) in [4.78, 5) is 8.23. The van der Waals surface area contributed by atoms with Gasteiger partial charge in [-0.25, -0.2) is 9.97 Å². The molecular weight excluding hydrogens is 483 g/mol. The molecule has 2 aromatic carbocycles. The van der Waals surface area contributed by atoms with E-state index in [2.05, 4.69) is 30.4 Å². The Hall–Kier alpha value is -4.20. The summed E-state index contributed by atoms with van der Waals surface area (Å²) >= 11 is 13.0. The number of hydrogen-bond donors (Lipinski definition) is 0. The van der Waals surface area contributed by atoms with E-state index in [0.717, 1.165) is 11.1 Å². The normalized spacial score (nSPS) is 11.5. The van der Waals surface area contributed by atoms with E-state index in [1.165, 1.54) is 0 Å². The first-order chi connectivity index (χ1) is 17.2. The van der Waals surface area contributed by atoms with Crippen LogP contribution < -0.4 is 0 Å². The fourth-order valence-electron chi connectivity index (χ4n) is 3.20. The molecule has 5 rings (SSSR count). The van der Waals surface area contributed by atoms with Gasteiger partial charge in [0, 0.05) is 23.5 Å². The molecule has 0 aliphatic heterocycles. The Morgan fingerprint density at radius 3 is 1.43 bits per heavy atom. The molecule has 0 aliphatic rings. The Labute approximate surface area is 210 Å². The Morgan fingerprint density at radius 1 is 0.543 bits per heavy atom. The largest absolute Gasteiger partial charge is 0.456 e. The number of furan rings is 1. The van der Waals surface area contributed by atoms with Crippen LogP contribution in [0.2, 0.25) is 10.0 Å². The number of nitrogens with zero attached hydrogens (tertiary/aromatic N) is 6. The van der Waals surface area contributed by atoms with Crippen LogP contribution in [0.5, 0.6) is 0 Å². The molecule has 0 spiro atoms. The molecule has 0 amide bonds. The summed E-state index contributed by atoms with van der Waals surface area (Å²) in [5, 5.41) is 17.6. The SMILES string of the molecule is Clc1cc(N=Nc2ccccn2)ccc1-c1ccc(-c2ccc(N=Nc3ccccn3)cc2Cl)o1. The van der Waals surface area contributed by atoms with Crippen LogP contribution in [-0.4, -0.2) is 9.97 Å². The van der Waals surface area contributed by atoms with E-state index in [4.69, 9.17) is 27.6 Å². The average Bonchev–Trinajstić information content (AvgIpc) is 3.37. The van der Waals surface area contributed by atoms with Crippen LogP contribution >= 0.6 is 23.2 Å². The summed E-state index contributed by atoms with van der Waals surface area (Å²) in [6, 6.07) is 25.3. The third kappa shape index (κ3) is 5.48. The molecule has 0 saturated heterocycles. The first-order valence-electron chi connectivity index (χ1n) is 10.5. The molecule has 0 unspecified atom stereocenters. The lowest BCUT2D eigenvalue weighted by Crippen LogP contribution is -1.78. The highest BCUT2D eigenvalue weighted by Gasteiger charge is 2.13. The van der Waals surface area contributed by atoms with E-state index < -0.39 is 0 Å². The summed E-state index contributed by atoms with van der Waals surface area (Å²) in [5.74, 6) is 2.25. The van der Waals surface area contributed by atoms with Gasteiger partial charge in [-0.3, -0.25) is 0 Å². The maximum absolute atomic E-state index is 6.51. The first kappa shape index (κ1) is 22.6. The molecule has 0 radical (unpaired) electrons. The summed E-state index contributed by atoms with van der Waals surface area (Å²) in [5.41, 5.74) is 2.67. The fourth-order valence-corrected chi connectivity index (χ4v) is 3.74. The quantitative estimate of drug-likeness (QED) is 0.218. The molecule has 0 aliphatic carbocycles. The lowest BCUT2D eigenvalue weighted by molar-refractivity contribution is 0.597. The van der Waals surface area contributed by atoms with Gasteiger partial charge < -0.3 is 4.42 Å². The van der Waals surface area contributed by atoms with Gasteiger partial charge in [-0.05, 0) is 72.8 Å². The first-order valence-corrected chi connectivity index (χ1v) is 11.3. The Morgan fingerprint density at radius 2 is 1.03 bits per heavy atom. The highest BCUT2D eigenvalue weighted by Crippen LogP contribution is 2.38. The highest BCUT2D eigenvalue weighted by molar-refractivity contribution is 6.34. The molecule has 0 fully saturated rings. The molecule has 0 N–H and O–H groups in total. The molecule has 9 heteroatoms. The van der Waals surface area contributed by atoms with Crippen molar-refractivity contribution in [1.29, 1.82) is 0 Å². The van der Waals surface area contributed by atoms with E-state index in [-0.39, 0.29) is 0 Å². The number of azo groups is 2. The topological polar surface area (TPSA) is 88.4 Å². The zero-order valence-electron chi connectivity index (χ0n) is 18.1. The smallest absolute Gasteiger partial charge is 0.174 e. The second-order valence-corrected chi connectivity index (χ2v) is 8.08. The lowest BCUT2D eigenvalue weighted by atomic mass is 10.1. The van der Waals surface area contributed by atoms with Gasteiger partial charge in [0.05, 0.1) is 21.4 Å². The minimum Gasteiger partial charge on any atom is -0.456 e. The minimum atomic E-state index is 0.486. The monoisotopic (exact) mass is 498 g/mol. The predicted octanol–water partition coefficient (Wildman–Crippen LogP) is 9.54. The van der Waals surface area contributed by atoms with Gasteiger partial charge >= 0.3 is 0 Å². The molecule has 170 valence electrons. The molecular formula is C26H16Cl2N6O. The maximum Gasteiger partial charge on any atom is 0.174 e. The van der Waals surface area contributed by atoms with Crippen LogP contribution in [-0.2, 0) is 0 Å². The van der Waals surface area contributed by atoms with Crippen molar-refractivity contribution in [2.45, 2.75) is 0 Å². The van der Waals surface area contributed by atoms with Crippen molar-refractivity contribution in [3.05, 3.63) is 107 Å². The van der Waals surface area contributed by atoms with Crippen molar-refractivity contribution in [1.82, 2.24) is 9.97 Å². The van der Waals surface area contributed by atoms with Crippen molar-refractivity contribution in [2.24, 2.45) is 20.5 Å². The van der Waals surface area contributed by atoms with E-state index in [0.29, 0.717) is 44.6 Å². The van der Waals surface area contributed by atoms with Crippen LogP contribution in [0.1, 0.15) is 0 Å². The van der Waals surface area contributed by atoms with Crippen molar-refractivity contribution < 1.29 is 4.42 Å². The van der Waals surface area contributed by atoms with Crippen molar-refractivity contribution in [3.63, 3.8) is 0 Å². The number of benzene rings is 2. The molecule has 0 saturated carbocycles. The third-order valence-electron chi connectivity index (χ3n) is 4.88. The Bertz CT molecular complexity index is 1400. The predicted molar refractivity (Wildman–Crippen MR) is 136 cm³/mol. The molecule has 5 aromatic rings. The van der Waals surface area contributed by atoms with Gasteiger partial charge in [0.25, 0.3) is 0 Å². The van der Waals surface area contributed by atoms with Crippen LogP contribution in [0, 0.1) is 0 Å². The van der Waals surface area contributed by atoms with E-state index >= 15 is 0 Å². The second kappa shape index (κ2) is 10.4.